The number of likely N-dealkylation sites (tertiary alicyclic amines) is 1. The first-order valence-electron chi connectivity index (χ1n) is 9.65. The van der Waals surface area contributed by atoms with Gasteiger partial charge in [-0.25, -0.2) is 4.98 Å². The van der Waals surface area contributed by atoms with Gasteiger partial charge in [0.2, 0.25) is 0 Å². The van der Waals surface area contributed by atoms with Crippen LogP contribution >= 0.6 is 11.3 Å². The lowest BCUT2D eigenvalue weighted by atomic mass is 9.90. The van der Waals surface area contributed by atoms with Gasteiger partial charge in [-0.2, -0.15) is 0 Å². The minimum atomic E-state index is -0.111. The van der Waals surface area contributed by atoms with Crippen LogP contribution in [0, 0.1) is 0 Å². The van der Waals surface area contributed by atoms with Crippen molar-refractivity contribution in [1.29, 1.82) is 0 Å². The van der Waals surface area contributed by atoms with Gasteiger partial charge in [-0.3, -0.25) is 14.6 Å². The van der Waals surface area contributed by atoms with E-state index >= 15 is 0 Å². The Morgan fingerprint density at radius 3 is 2.73 bits per heavy atom. The summed E-state index contributed by atoms with van der Waals surface area (Å²) < 4.78 is 1.93. The highest BCUT2D eigenvalue weighted by Gasteiger charge is 2.32. The Bertz CT molecular complexity index is 1190. The molecule has 4 heterocycles. The van der Waals surface area contributed by atoms with Gasteiger partial charge in [-0.05, 0) is 35.4 Å². The third-order valence-electron chi connectivity index (χ3n) is 5.37. The van der Waals surface area contributed by atoms with Gasteiger partial charge < -0.3 is 14.6 Å². The van der Waals surface area contributed by atoms with Crippen LogP contribution in [0.15, 0.2) is 66.7 Å². The molecular weight excluding hydrogens is 398 g/mol. The molecule has 1 fully saturated rings. The molecule has 3 aromatic heterocycles. The smallest absolute Gasteiger partial charge is 0.265 e. The molecule has 0 aliphatic carbocycles. The second-order valence-electron chi connectivity index (χ2n) is 7.31. The van der Waals surface area contributed by atoms with Crippen molar-refractivity contribution in [2.75, 3.05) is 13.1 Å². The summed E-state index contributed by atoms with van der Waals surface area (Å²) in [4.78, 5) is 35.5. The molecular formula is C22H19N5O2S. The number of thiazole rings is 1. The minimum Gasteiger partial charge on any atom is -0.348 e. The first-order chi connectivity index (χ1) is 14.7. The van der Waals surface area contributed by atoms with E-state index in [1.807, 2.05) is 58.1 Å². The van der Waals surface area contributed by atoms with Gasteiger partial charge in [-0.1, -0.05) is 12.1 Å². The molecule has 1 N–H and O–H groups in total. The molecule has 2 amide bonds. The van der Waals surface area contributed by atoms with Crippen LogP contribution in [0.2, 0.25) is 0 Å². The van der Waals surface area contributed by atoms with E-state index in [2.05, 4.69) is 15.3 Å². The number of nitrogens with one attached hydrogen (secondary N) is 1. The number of carbonyl (C=O) groups is 2. The molecule has 0 atom stereocenters. The number of pyridine rings is 1. The van der Waals surface area contributed by atoms with Gasteiger partial charge in [0, 0.05) is 49.7 Å². The Balaban J connectivity index is 1.16. The van der Waals surface area contributed by atoms with Crippen molar-refractivity contribution in [2.45, 2.75) is 12.5 Å². The summed E-state index contributed by atoms with van der Waals surface area (Å²) >= 11 is 1.36. The molecule has 30 heavy (non-hydrogen) atoms. The Kier molecular flexibility index (Phi) is 4.76. The third kappa shape index (κ3) is 3.57. The fourth-order valence-electron chi connectivity index (χ4n) is 3.59. The molecule has 1 aromatic carbocycles. The van der Waals surface area contributed by atoms with E-state index in [9.17, 15) is 9.59 Å². The molecule has 0 saturated carbocycles. The zero-order chi connectivity index (χ0) is 20.5. The lowest BCUT2D eigenvalue weighted by molar-refractivity contribution is 0.0607. The number of aromatic nitrogens is 3. The number of carbonyl (C=O) groups excluding carboxylic acids is 2. The molecule has 150 valence electrons. The van der Waals surface area contributed by atoms with E-state index in [1.54, 1.807) is 17.9 Å². The number of amides is 2. The van der Waals surface area contributed by atoms with Crippen molar-refractivity contribution in [1.82, 2.24) is 24.6 Å². The zero-order valence-electron chi connectivity index (χ0n) is 16.1. The molecule has 1 saturated heterocycles. The first kappa shape index (κ1) is 18.5. The van der Waals surface area contributed by atoms with E-state index in [0.29, 0.717) is 36.0 Å². The maximum atomic E-state index is 12.5. The van der Waals surface area contributed by atoms with E-state index in [1.165, 1.54) is 11.3 Å². The second-order valence-corrected chi connectivity index (χ2v) is 8.19. The van der Waals surface area contributed by atoms with E-state index < -0.39 is 0 Å². The van der Waals surface area contributed by atoms with Crippen LogP contribution in [0.5, 0.6) is 0 Å². The van der Waals surface area contributed by atoms with Crippen molar-refractivity contribution >= 4 is 28.8 Å². The third-order valence-corrected chi connectivity index (χ3v) is 6.13. The number of rotatable bonds is 5. The molecule has 1 aliphatic heterocycles. The maximum Gasteiger partial charge on any atom is 0.265 e. The average molecular weight is 417 g/mol. The number of benzene rings is 1. The molecule has 0 bridgehead atoms. The Hall–Kier alpha value is -3.52. The molecule has 4 aromatic rings. The van der Waals surface area contributed by atoms with Gasteiger partial charge in [0.25, 0.3) is 11.8 Å². The second kappa shape index (κ2) is 7.72. The molecule has 5 rings (SSSR count). The minimum absolute atomic E-state index is 0.0401. The van der Waals surface area contributed by atoms with Crippen LogP contribution in [0.1, 0.15) is 37.1 Å². The number of nitrogens with zero attached hydrogens (tertiary/aromatic N) is 4. The van der Waals surface area contributed by atoms with E-state index in [0.717, 1.165) is 16.8 Å². The summed E-state index contributed by atoms with van der Waals surface area (Å²) in [5, 5.41) is 2.95. The first-order valence-corrected chi connectivity index (χ1v) is 10.5. The van der Waals surface area contributed by atoms with Crippen LogP contribution < -0.4 is 5.32 Å². The number of hydrogen-bond acceptors (Lipinski definition) is 5. The highest BCUT2D eigenvalue weighted by molar-refractivity contribution is 7.11. The highest BCUT2D eigenvalue weighted by Crippen LogP contribution is 2.29. The summed E-state index contributed by atoms with van der Waals surface area (Å²) in [5.74, 6) is 0.235. The van der Waals surface area contributed by atoms with Gasteiger partial charge in [0.15, 0.2) is 0 Å². The Morgan fingerprint density at radius 1 is 1.13 bits per heavy atom. The molecule has 1 aliphatic rings. The average Bonchev–Trinajstić information content (AvgIpc) is 3.43. The van der Waals surface area contributed by atoms with Crippen LogP contribution in [0.4, 0.5) is 0 Å². The number of imidazole rings is 1. The van der Waals surface area contributed by atoms with Crippen LogP contribution in [-0.2, 0) is 6.54 Å². The molecule has 0 spiro atoms. The molecule has 0 unspecified atom stereocenters. The largest absolute Gasteiger partial charge is 0.348 e. The van der Waals surface area contributed by atoms with E-state index in [4.69, 9.17) is 0 Å². The highest BCUT2D eigenvalue weighted by atomic mass is 32.1. The van der Waals surface area contributed by atoms with Crippen LogP contribution in [0.25, 0.3) is 5.65 Å². The zero-order valence-corrected chi connectivity index (χ0v) is 16.9. The summed E-state index contributed by atoms with van der Waals surface area (Å²) in [5.41, 5.74) is 5.29. The van der Waals surface area contributed by atoms with Gasteiger partial charge in [0.05, 0.1) is 11.7 Å². The Morgan fingerprint density at radius 2 is 1.97 bits per heavy atom. The SMILES string of the molecule is O=C(NCc1ccn2ccnc2c1)c1ccc(C2CN(C(=O)c3cncs3)C2)cc1. The summed E-state index contributed by atoms with van der Waals surface area (Å²) in [6.07, 6.45) is 7.17. The lowest BCUT2D eigenvalue weighted by Gasteiger charge is -2.39. The molecule has 0 radical (unpaired) electrons. The van der Waals surface area contributed by atoms with Gasteiger partial charge >= 0.3 is 0 Å². The van der Waals surface area contributed by atoms with Crippen molar-refractivity contribution in [3.63, 3.8) is 0 Å². The fraction of sp³-hybridized carbons (Fsp3) is 0.182. The standard InChI is InChI=1S/C22H19N5O2S/c28-21(25-10-15-5-7-26-8-6-24-20(26)9-15)17-3-1-16(2-4-17)18-12-27(13-18)22(29)19-11-23-14-30-19/h1-9,11,14,18H,10,12-13H2,(H,25,28). The molecule has 7 nitrogen and oxygen atoms in total. The van der Waals surface area contributed by atoms with E-state index in [-0.39, 0.29) is 11.8 Å². The van der Waals surface area contributed by atoms with Crippen molar-refractivity contribution < 1.29 is 9.59 Å². The Labute approximate surface area is 177 Å². The van der Waals surface area contributed by atoms with Crippen LogP contribution in [0.3, 0.4) is 0 Å². The fourth-order valence-corrected chi connectivity index (χ4v) is 4.17. The van der Waals surface area contributed by atoms with Crippen molar-refractivity contribution in [3.05, 3.63) is 88.3 Å². The molecule has 8 heteroatoms. The monoisotopic (exact) mass is 417 g/mol. The summed E-state index contributed by atoms with van der Waals surface area (Å²) in [6.45, 7) is 1.83. The predicted molar refractivity (Wildman–Crippen MR) is 114 cm³/mol. The van der Waals surface area contributed by atoms with Gasteiger partial charge in [-0.15, -0.1) is 11.3 Å². The van der Waals surface area contributed by atoms with Crippen molar-refractivity contribution in [2.24, 2.45) is 0 Å². The summed E-state index contributed by atoms with van der Waals surface area (Å²) in [6, 6.07) is 11.6. The lowest BCUT2D eigenvalue weighted by Crippen LogP contribution is -2.48. The topological polar surface area (TPSA) is 79.6 Å². The predicted octanol–water partition coefficient (Wildman–Crippen LogP) is 2.96. The number of fused-ring (bicyclic) bond motifs is 1. The van der Waals surface area contributed by atoms with Gasteiger partial charge in [0.1, 0.15) is 10.5 Å². The maximum absolute atomic E-state index is 12.5. The normalized spacial score (nSPS) is 13.9. The quantitative estimate of drug-likeness (QED) is 0.541. The summed E-state index contributed by atoms with van der Waals surface area (Å²) in [7, 11) is 0. The number of hydrogen-bond donors (Lipinski definition) is 1. The van der Waals surface area contributed by atoms with Crippen molar-refractivity contribution in [3.8, 4) is 0 Å². The van der Waals surface area contributed by atoms with Crippen LogP contribution in [-0.4, -0.2) is 44.2 Å².